The number of unbranched alkanes of at least 4 members (excludes halogenated alkanes) is 1. The fourth-order valence-corrected chi connectivity index (χ4v) is 2.41. The first-order valence-corrected chi connectivity index (χ1v) is 8.28. The lowest BCUT2D eigenvalue weighted by Gasteiger charge is -2.28. The number of aryl methyl sites for hydroxylation is 1. The zero-order valence-corrected chi connectivity index (χ0v) is 15.2. The molecule has 0 aliphatic heterocycles. The van der Waals surface area contributed by atoms with E-state index in [-0.39, 0.29) is 5.91 Å². The molecule has 1 amide bonds. The molecule has 0 aliphatic carbocycles. The summed E-state index contributed by atoms with van der Waals surface area (Å²) in [4.78, 5) is 16.8. The van der Waals surface area contributed by atoms with Gasteiger partial charge in [-0.2, -0.15) is 0 Å². The van der Waals surface area contributed by atoms with Gasteiger partial charge in [0, 0.05) is 12.7 Å². The predicted molar refractivity (Wildman–Crippen MR) is 92.9 cm³/mol. The molecule has 1 aromatic rings. The summed E-state index contributed by atoms with van der Waals surface area (Å²) in [6.45, 7) is 10.6. The van der Waals surface area contributed by atoms with E-state index in [4.69, 9.17) is 9.47 Å². The van der Waals surface area contributed by atoms with Crippen LogP contribution in [-0.2, 0) is 9.53 Å². The van der Waals surface area contributed by atoms with Crippen molar-refractivity contribution in [1.29, 1.82) is 0 Å². The van der Waals surface area contributed by atoms with Gasteiger partial charge >= 0.3 is 0 Å². The SMILES string of the molecule is CCCCOc1ncc(NC(=O)C(C)(CC(C)C)OC)cc1C. The van der Waals surface area contributed by atoms with Gasteiger partial charge in [-0.3, -0.25) is 4.79 Å². The van der Waals surface area contributed by atoms with Crippen molar-refractivity contribution in [3.8, 4) is 5.88 Å². The summed E-state index contributed by atoms with van der Waals surface area (Å²) in [6.07, 6.45) is 4.36. The van der Waals surface area contributed by atoms with E-state index in [1.807, 2.05) is 19.9 Å². The fourth-order valence-electron chi connectivity index (χ4n) is 2.41. The van der Waals surface area contributed by atoms with Crippen LogP contribution < -0.4 is 10.1 Å². The van der Waals surface area contributed by atoms with Gasteiger partial charge in [0.1, 0.15) is 5.60 Å². The number of pyridine rings is 1. The van der Waals surface area contributed by atoms with Crippen molar-refractivity contribution in [2.75, 3.05) is 19.0 Å². The van der Waals surface area contributed by atoms with Crippen LogP contribution in [0.2, 0.25) is 0 Å². The van der Waals surface area contributed by atoms with E-state index in [0.29, 0.717) is 30.5 Å². The number of anilines is 1. The first kappa shape index (κ1) is 19.4. The summed E-state index contributed by atoms with van der Waals surface area (Å²) < 4.78 is 11.1. The van der Waals surface area contributed by atoms with Crippen molar-refractivity contribution in [3.05, 3.63) is 17.8 Å². The minimum Gasteiger partial charge on any atom is -0.477 e. The Hall–Kier alpha value is -1.62. The highest BCUT2D eigenvalue weighted by Gasteiger charge is 2.34. The molecule has 130 valence electrons. The lowest BCUT2D eigenvalue weighted by Crippen LogP contribution is -2.43. The number of hydrogen-bond donors (Lipinski definition) is 1. The summed E-state index contributed by atoms with van der Waals surface area (Å²) in [5.74, 6) is 0.822. The Morgan fingerprint density at radius 2 is 2.13 bits per heavy atom. The Kier molecular flexibility index (Phi) is 7.49. The van der Waals surface area contributed by atoms with Crippen molar-refractivity contribution >= 4 is 11.6 Å². The Bertz CT molecular complexity index is 517. The summed E-state index contributed by atoms with van der Waals surface area (Å²) >= 11 is 0. The standard InChI is InChI=1S/C18H30N2O3/c1-7-8-9-23-16-14(4)10-15(12-19-16)20-17(21)18(5,22-6)11-13(2)3/h10,12-13H,7-9,11H2,1-6H3,(H,20,21). The third-order valence-electron chi connectivity index (χ3n) is 3.75. The Morgan fingerprint density at radius 3 is 2.65 bits per heavy atom. The van der Waals surface area contributed by atoms with Gasteiger partial charge in [0.2, 0.25) is 5.88 Å². The molecule has 5 heteroatoms. The van der Waals surface area contributed by atoms with Gasteiger partial charge in [0.15, 0.2) is 0 Å². The highest BCUT2D eigenvalue weighted by atomic mass is 16.5. The molecule has 0 aromatic carbocycles. The van der Waals surface area contributed by atoms with Crippen molar-refractivity contribution in [2.45, 2.75) is 59.5 Å². The van der Waals surface area contributed by atoms with Crippen LogP contribution in [0.15, 0.2) is 12.3 Å². The maximum atomic E-state index is 12.5. The average Bonchev–Trinajstić information content (AvgIpc) is 2.48. The monoisotopic (exact) mass is 322 g/mol. The van der Waals surface area contributed by atoms with Crippen molar-refractivity contribution in [1.82, 2.24) is 4.98 Å². The molecular formula is C18H30N2O3. The molecule has 0 radical (unpaired) electrons. The van der Waals surface area contributed by atoms with Crippen LogP contribution in [-0.4, -0.2) is 30.2 Å². The number of aromatic nitrogens is 1. The molecule has 1 rings (SSSR count). The van der Waals surface area contributed by atoms with Gasteiger partial charge in [-0.05, 0) is 38.7 Å². The van der Waals surface area contributed by atoms with Crippen LogP contribution in [0.4, 0.5) is 5.69 Å². The van der Waals surface area contributed by atoms with Gasteiger partial charge in [-0.15, -0.1) is 0 Å². The summed E-state index contributed by atoms with van der Waals surface area (Å²) in [6, 6.07) is 1.87. The Morgan fingerprint density at radius 1 is 1.43 bits per heavy atom. The number of amides is 1. The maximum Gasteiger partial charge on any atom is 0.256 e. The molecule has 1 atom stereocenters. The number of methoxy groups -OCH3 is 1. The lowest BCUT2D eigenvalue weighted by molar-refractivity contribution is -0.137. The molecule has 1 unspecified atom stereocenters. The highest BCUT2D eigenvalue weighted by Crippen LogP contribution is 2.24. The minimum absolute atomic E-state index is 0.158. The first-order valence-electron chi connectivity index (χ1n) is 8.28. The third kappa shape index (κ3) is 5.82. The number of nitrogens with zero attached hydrogens (tertiary/aromatic N) is 1. The zero-order chi connectivity index (χ0) is 17.5. The molecule has 0 aliphatic rings. The molecular weight excluding hydrogens is 292 g/mol. The van der Waals surface area contributed by atoms with E-state index in [9.17, 15) is 4.79 Å². The van der Waals surface area contributed by atoms with Gasteiger partial charge in [0.25, 0.3) is 5.91 Å². The molecule has 0 fully saturated rings. The van der Waals surface area contributed by atoms with Crippen LogP contribution in [0.3, 0.4) is 0 Å². The molecule has 1 N–H and O–H groups in total. The molecule has 0 saturated carbocycles. The van der Waals surface area contributed by atoms with Crippen molar-refractivity contribution in [3.63, 3.8) is 0 Å². The third-order valence-corrected chi connectivity index (χ3v) is 3.75. The topological polar surface area (TPSA) is 60.5 Å². The van der Waals surface area contributed by atoms with Crippen molar-refractivity contribution in [2.24, 2.45) is 5.92 Å². The average molecular weight is 322 g/mol. The van der Waals surface area contributed by atoms with Crippen LogP contribution in [0.5, 0.6) is 5.88 Å². The molecule has 23 heavy (non-hydrogen) atoms. The summed E-state index contributed by atoms with van der Waals surface area (Å²) in [7, 11) is 1.57. The van der Waals surface area contributed by atoms with Crippen LogP contribution in [0.25, 0.3) is 0 Å². The molecule has 0 saturated heterocycles. The van der Waals surface area contributed by atoms with E-state index in [0.717, 1.165) is 18.4 Å². The fraction of sp³-hybridized carbons (Fsp3) is 0.667. The number of hydrogen-bond acceptors (Lipinski definition) is 4. The number of nitrogens with one attached hydrogen (secondary N) is 1. The largest absolute Gasteiger partial charge is 0.477 e. The van der Waals surface area contributed by atoms with E-state index in [2.05, 4.69) is 31.1 Å². The van der Waals surface area contributed by atoms with Gasteiger partial charge < -0.3 is 14.8 Å². The number of rotatable bonds is 9. The van der Waals surface area contributed by atoms with E-state index >= 15 is 0 Å². The minimum atomic E-state index is -0.849. The van der Waals surface area contributed by atoms with Gasteiger partial charge in [0.05, 0.1) is 18.5 Å². The van der Waals surface area contributed by atoms with Gasteiger partial charge in [-0.25, -0.2) is 4.98 Å². The first-order chi connectivity index (χ1) is 10.8. The highest BCUT2D eigenvalue weighted by molar-refractivity contribution is 5.97. The number of ether oxygens (including phenoxy) is 2. The van der Waals surface area contributed by atoms with Crippen LogP contribution in [0, 0.1) is 12.8 Å². The normalized spacial score (nSPS) is 13.7. The number of carbonyl (C=O) groups excluding carboxylic acids is 1. The zero-order valence-electron chi connectivity index (χ0n) is 15.2. The Labute approximate surface area is 139 Å². The predicted octanol–water partition coefficient (Wildman–Crippen LogP) is 3.96. The van der Waals surface area contributed by atoms with E-state index < -0.39 is 5.60 Å². The van der Waals surface area contributed by atoms with E-state index in [1.165, 1.54) is 0 Å². The second-order valence-electron chi connectivity index (χ2n) is 6.54. The second kappa shape index (κ2) is 8.87. The smallest absolute Gasteiger partial charge is 0.256 e. The summed E-state index contributed by atoms with van der Waals surface area (Å²) in [5, 5.41) is 2.89. The Balaban J connectivity index is 2.76. The molecule has 1 heterocycles. The number of carbonyl (C=O) groups is 1. The van der Waals surface area contributed by atoms with Gasteiger partial charge in [-0.1, -0.05) is 27.2 Å². The van der Waals surface area contributed by atoms with Crippen molar-refractivity contribution < 1.29 is 14.3 Å². The lowest BCUT2D eigenvalue weighted by atomic mass is 9.93. The quantitative estimate of drug-likeness (QED) is 0.699. The molecule has 0 spiro atoms. The molecule has 0 bridgehead atoms. The van der Waals surface area contributed by atoms with Crippen LogP contribution >= 0.6 is 0 Å². The van der Waals surface area contributed by atoms with Crippen LogP contribution in [0.1, 0.15) is 52.5 Å². The maximum absolute atomic E-state index is 12.5. The van der Waals surface area contributed by atoms with E-state index in [1.54, 1.807) is 13.3 Å². The molecule has 1 aromatic heterocycles. The summed E-state index contributed by atoms with van der Waals surface area (Å²) in [5.41, 5.74) is 0.711. The molecule has 5 nitrogen and oxygen atoms in total. The second-order valence-corrected chi connectivity index (χ2v) is 6.54.